The maximum Gasteiger partial charge on any atom is 0.0716 e. The van der Waals surface area contributed by atoms with Crippen LogP contribution in [-0.4, -0.2) is 18.9 Å². The average Bonchev–Trinajstić information content (AvgIpc) is 2.64. The van der Waals surface area contributed by atoms with Gasteiger partial charge >= 0.3 is 0 Å². The van der Waals surface area contributed by atoms with Crippen LogP contribution >= 0.6 is 11.8 Å². The number of rotatable bonds is 13. The Morgan fingerprint density at radius 1 is 1.16 bits per heavy atom. The van der Waals surface area contributed by atoms with E-state index >= 15 is 0 Å². The zero-order valence-corrected chi connectivity index (χ0v) is 16.6. The first-order valence-corrected chi connectivity index (χ1v) is 10.2. The maximum atomic E-state index is 5.73. The summed E-state index contributed by atoms with van der Waals surface area (Å²) in [5.74, 6) is 1.14. The fraction of sp³-hybridized carbons (Fsp3) is 0.455. The smallest absolute Gasteiger partial charge is 0.0716 e. The van der Waals surface area contributed by atoms with Crippen molar-refractivity contribution in [2.75, 3.05) is 18.9 Å². The van der Waals surface area contributed by atoms with E-state index in [0.717, 1.165) is 38.2 Å². The van der Waals surface area contributed by atoms with Gasteiger partial charge in [0.25, 0.3) is 0 Å². The monoisotopic (exact) mass is 359 g/mol. The first-order valence-electron chi connectivity index (χ1n) is 9.21. The van der Waals surface area contributed by atoms with Crippen LogP contribution in [0, 0.1) is 0 Å². The van der Waals surface area contributed by atoms with Gasteiger partial charge in [-0.05, 0) is 73.9 Å². The number of hydrogen-bond donors (Lipinski definition) is 1. The van der Waals surface area contributed by atoms with Crippen LogP contribution in [0.15, 0.2) is 65.1 Å². The summed E-state index contributed by atoms with van der Waals surface area (Å²) in [7, 11) is 0. The van der Waals surface area contributed by atoms with E-state index in [4.69, 9.17) is 10.5 Å². The molecule has 1 aromatic carbocycles. The first-order chi connectivity index (χ1) is 12.3. The first kappa shape index (κ1) is 21.8. The van der Waals surface area contributed by atoms with E-state index in [0.29, 0.717) is 6.61 Å². The standard InChI is InChI=1S/C22H33NOS/c1-3-4-11-21(14-10-15-23)18-20(2)25-17-9-8-16-24-19-22-12-6-5-7-13-22/h3-7,11-13,18H,8-10,14-17,19,23H2,1-2H3/b4-3-,20-18+,21-11-. The van der Waals surface area contributed by atoms with Crippen molar-refractivity contribution in [3.05, 3.63) is 70.7 Å². The number of ether oxygens (including phenoxy) is 1. The Morgan fingerprint density at radius 3 is 2.68 bits per heavy atom. The van der Waals surface area contributed by atoms with Crippen LogP contribution in [-0.2, 0) is 11.3 Å². The molecule has 0 unspecified atom stereocenters. The van der Waals surface area contributed by atoms with Gasteiger partial charge in [0.1, 0.15) is 0 Å². The van der Waals surface area contributed by atoms with Gasteiger partial charge in [-0.2, -0.15) is 0 Å². The van der Waals surface area contributed by atoms with E-state index in [1.165, 1.54) is 22.5 Å². The van der Waals surface area contributed by atoms with Gasteiger partial charge in [0.05, 0.1) is 6.61 Å². The molecule has 25 heavy (non-hydrogen) atoms. The molecule has 2 nitrogen and oxygen atoms in total. The molecule has 0 amide bonds. The molecule has 0 aliphatic carbocycles. The van der Waals surface area contributed by atoms with Crippen molar-refractivity contribution in [3.63, 3.8) is 0 Å². The topological polar surface area (TPSA) is 35.2 Å². The van der Waals surface area contributed by atoms with Crippen LogP contribution in [0.3, 0.4) is 0 Å². The molecule has 0 saturated carbocycles. The summed E-state index contributed by atoms with van der Waals surface area (Å²) in [6.07, 6.45) is 13.0. The summed E-state index contributed by atoms with van der Waals surface area (Å²) < 4.78 is 5.73. The van der Waals surface area contributed by atoms with E-state index < -0.39 is 0 Å². The molecule has 138 valence electrons. The highest BCUT2D eigenvalue weighted by molar-refractivity contribution is 8.03. The van der Waals surface area contributed by atoms with E-state index in [2.05, 4.69) is 55.5 Å². The second kappa shape index (κ2) is 15.0. The fourth-order valence-corrected chi connectivity index (χ4v) is 3.24. The molecule has 0 fully saturated rings. The molecule has 0 spiro atoms. The van der Waals surface area contributed by atoms with Crippen molar-refractivity contribution in [2.24, 2.45) is 5.73 Å². The van der Waals surface area contributed by atoms with Gasteiger partial charge in [-0.3, -0.25) is 0 Å². The van der Waals surface area contributed by atoms with Crippen molar-refractivity contribution < 1.29 is 4.74 Å². The Kier molecular flexibility index (Phi) is 13.1. The summed E-state index contributed by atoms with van der Waals surface area (Å²) >= 11 is 1.94. The predicted molar refractivity (Wildman–Crippen MR) is 113 cm³/mol. The van der Waals surface area contributed by atoms with Crippen molar-refractivity contribution >= 4 is 11.8 Å². The summed E-state index contributed by atoms with van der Waals surface area (Å²) in [5.41, 5.74) is 8.23. The molecule has 0 saturated heterocycles. The van der Waals surface area contributed by atoms with Gasteiger partial charge in [-0.15, -0.1) is 11.8 Å². The molecular formula is C22H33NOS. The quantitative estimate of drug-likeness (QED) is 0.354. The Morgan fingerprint density at radius 2 is 1.96 bits per heavy atom. The van der Waals surface area contributed by atoms with E-state index in [1.54, 1.807) is 0 Å². The van der Waals surface area contributed by atoms with Crippen LogP contribution < -0.4 is 5.73 Å². The Labute approximate surface area is 158 Å². The van der Waals surface area contributed by atoms with Crippen LogP contribution in [0.2, 0.25) is 0 Å². The fourth-order valence-electron chi connectivity index (χ4n) is 2.34. The summed E-state index contributed by atoms with van der Waals surface area (Å²) in [6, 6.07) is 10.3. The molecule has 0 aromatic heterocycles. The molecule has 0 heterocycles. The highest BCUT2D eigenvalue weighted by Gasteiger charge is 1.97. The summed E-state index contributed by atoms with van der Waals surface area (Å²) in [5, 5.41) is 0. The Bertz CT molecular complexity index is 534. The highest BCUT2D eigenvalue weighted by Crippen LogP contribution is 2.20. The third-order valence-corrected chi connectivity index (χ3v) is 4.75. The second-order valence-corrected chi connectivity index (χ2v) is 7.35. The Balaban J connectivity index is 2.18. The number of hydrogen-bond acceptors (Lipinski definition) is 3. The summed E-state index contributed by atoms with van der Waals surface area (Å²) in [4.78, 5) is 1.37. The van der Waals surface area contributed by atoms with Crippen molar-refractivity contribution in [3.8, 4) is 0 Å². The van der Waals surface area contributed by atoms with Crippen LogP contribution in [0.25, 0.3) is 0 Å². The van der Waals surface area contributed by atoms with E-state index in [9.17, 15) is 0 Å². The number of allylic oxidation sites excluding steroid dienone is 6. The van der Waals surface area contributed by atoms with Crippen LogP contribution in [0.4, 0.5) is 0 Å². The molecule has 1 aromatic rings. The molecule has 0 bridgehead atoms. The minimum atomic E-state index is 0.715. The van der Waals surface area contributed by atoms with Crippen LogP contribution in [0.1, 0.15) is 45.1 Å². The van der Waals surface area contributed by atoms with Gasteiger partial charge in [-0.25, -0.2) is 0 Å². The molecule has 3 heteroatoms. The van der Waals surface area contributed by atoms with Crippen molar-refractivity contribution in [2.45, 2.75) is 46.1 Å². The van der Waals surface area contributed by atoms with Gasteiger partial charge in [-0.1, -0.05) is 48.6 Å². The number of nitrogens with two attached hydrogens (primary N) is 1. The normalized spacial score (nSPS) is 12.9. The SMILES string of the molecule is C\C=C/C=C(\C=C(/C)SCCCCOCc1ccccc1)CCCN. The van der Waals surface area contributed by atoms with Crippen molar-refractivity contribution in [1.29, 1.82) is 0 Å². The molecule has 1 rings (SSSR count). The highest BCUT2D eigenvalue weighted by atomic mass is 32.2. The molecule has 0 aliphatic rings. The maximum absolute atomic E-state index is 5.73. The lowest BCUT2D eigenvalue weighted by Crippen LogP contribution is -1.98. The number of thioether (sulfide) groups is 1. The van der Waals surface area contributed by atoms with Crippen LogP contribution in [0.5, 0.6) is 0 Å². The largest absolute Gasteiger partial charge is 0.377 e. The minimum Gasteiger partial charge on any atom is -0.377 e. The second-order valence-electron chi connectivity index (χ2n) is 6.01. The van der Waals surface area contributed by atoms with E-state index in [-0.39, 0.29) is 0 Å². The summed E-state index contributed by atoms with van der Waals surface area (Å²) in [6.45, 7) is 6.54. The zero-order chi connectivity index (χ0) is 18.2. The minimum absolute atomic E-state index is 0.715. The molecule has 2 N–H and O–H groups in total. The third-order valence-electron chi connectivity index (χ3n) is 3.69. The van der Waals surface area contributed by atoms with Gasteiger partial charge in [0.2, 0.25) is 0 Å². The lowest BCUT2D eigenvalue weighted by atomic mass is 10.1. The number of benzene rings is 1. The van der Waals surface area contributed by atoms with Gasteiger partial charge < -0.3 is 10.5 Å². The zero-order valence-electron chi connectivity index (χ0n) is 15.7. The van der Waals surface area contributed by atoms with Crippen molar-refractivity contribution in [1.82, 2.24) is 0 Å². The number of unbranched alkanes of at least 4 members (excludes halogenated alkanes) is 1. The molecule has 0 radical (unpaired) electrons. The average molecular weight is 360 g/mol. The van der Waals surface area contributed by atoms with E-state index in [1.807, 2.05) is 24.8 Å². The molecule has 0 atom stereocenters. The predicted octanol–water partition coefficient (Wildman–Crippen LogP) is 5.86. The third kappa shape index (κ3) is 11.8. The Hall–Kier alpha value is -1.29. The molecular weight excluding hydrogens is 326 g/mol. The lowest BCUT2D eigenvalue weighted by molar-refractivity contribution is 0.118. The molecule has 0 aliphatic heterocycles. The lowest BCUT2D eigenvalue weighted by Gasteiger charge is -2.06. The van der Waals surface area contributed by atoms with Gasteiger partial charge in [0.15, 0.2) is 0 Å². The van der Waals surface area contributed by atoms with Gasteiger partial charge in [0, 0.05) is 6.61 Å².